The zero-order valence-corrected chi connectivity index (χ0v) is 8.70. The highest BCUT2D eigenvalue weighted by molar-refractivity contribution is 7.07. The summed E-state index contributed by atoms with van der Waals surface area (Å²) in [5.41, 5.74) is 6.94. The molecule has 0 aliphatic carbocycles. The van der Waals surface area contributed by atoms with Crippen LogP contribution in [0.3, 0.4) is 0 Å². The minimum Gasteiger partial charge on any atom is -0.334 e. The predicted molar refractivity (Wildman–Crippen MR) is 58.1 cm³/mol. The van der Waals surface area contributed by atoms with Gasteiger partial charge in [0.15, 0.2) is 0 Å². The molecular weight excluding hydrogens is 194 g/mol. The molecule has 3 nitrogen and oxygen atoms in total. The number of aromatic nitrogens is 2. The molecule has 2 aromatic heterocycles. The van der Waals surface area contributed by atoms with E-state index in [2.05, 4.69) is 26.4 Å². The highest BCUT2D eigenvalue weighted by Crippen LogP contribution is 2.08. The van der Waals surface area contributed by atoms with Gasteiger partial charge in [0, 0.05) is 18.9 Å². The van der Waals surface area contributed by atoms with Gasteiger partial charge in [0.1, 0.15) is 5.82 Å². The van der Waals surface area contributed by atoms with E-state index >= 15 is 0 Å². The van der Waals surface area contributed by atoms with E-state index in [-0.39, 0.29) is 0 Å². The highest BCUT2D eigenvalue weighted by atomic mass is 32.1. The second kappa shape index (κ2) is 4.39. The van der Waals surface area contributed by atoms with Crippen LogP contribution in [0, 0.1) is 0 Å². The molecule has 0 amide bonds. The fourth-order valence-corrected chi connectivity index (χ4v) is 2.12. The van der Waals surface area contributed by atoms with Gasteiger partial charge in [-0.3, -0.25) is 0 Å². The van der Waals surface area contributed by atoms with Crippen molar-refractivity contribution in [2.75, 3.05) is 0 Å². The van der Waals surface area contributed by atoms with Gasteiger partial charge >= 0.3 is 0 Å². The Kier molecular flexibility index (Phi) is 2.96. The normalized spacial score (nSPS) is 10.6. The first kappa shape index (κ1) is 9.43. The van der Waals surface area contributed by atoms with Crippen molar-refractivity contribution >= 4 is 11.3 Å². The minimum absolute atomic E-state index is 0.511. The summed E-state index contributed by atoms with van der Waals surface area (Å²) in [6.07, 6.45) is 4.83. The van der Waals surface area contributed by atoms with Crippen LogP contribution in [0.2, 0.25) is 0 Å². The van der Waals surface area contributed by atoms with Crippen molar-refractivity contribution in [2.45, 2.75) is 19.5 Å². The number of rotatable bonds is 4. The second-order valence-corrected chi connectivity index (χ2v) is 3.90. The lowest BCUT2D eigenvalue weighted by atomic mass is 10.2. The molecule has 2 heterocycles. The SMILES string of the molecule is NCc1nccn1CCc1ccsc1. The monoisotopic (exact) mass is 207 g/mol. The quantitative estimate of drug-likeness (QED) is 0.828. The minimum atomic E-state index is 0.511. The van der Waals surface area contributed by atoms with Crippen LogP contribution >= 0.6 is 11.3 Å². The molecular formula is C10H13N3S. The first-order chi connectivity index (χ1) is 6.90. The fraction of sp³-hybridized carbons (Fsp3) is 0.300. The predicted octanol–water partition coefficient (Wildman–Crippen LogP) is 1.65. The van der Waals surface area contributed by atoms with Crippen molar-refractivity contribution in [2.24, 2.45) is 5.73 Å². The van der Waals surface area contributed by atoms with Crippen molar-refractivity contribution < 1.29 is 0 Å². The molecule has 0 saturated carbocycles. The summed E-state index contributed by atoms with van der Waals surface area (Å²) in [7, 11) is 0. The number of imidazole rings is 1. The van der Waals surface area contributed by atoms with Crippen LogP contribution in [-0.2, 0) is 19.5 Å². The zero-order chi connectivity index (χ0) is 9.80. The first-order valence-electron chi connectivity index (χ1n) is 4.61. The van der Waals surface area contributed by atoms with Gasteiger partial charge in [0.2, 0.25) is 0 Å². The number of nitrogens with zero attached hydrogens (tertiary/aromatic N) is 2. The fourth-order valence-electron chi connectivity index (χ4n) is 1.42. The average molecular weight is 207 g/mol. The Balaban J connectivity index is 1.98. The Bertz CT molecular complexity index is 378. The third kappa shape index (κ3) is 2.02. The summed E-state index contributed by atoms with van der Waals surface area (Å²) in [4.78, 5) is 4.18. The van der Waals surface area contributed by atoms with Gasteiger partial charge in [-0.15, -0.1) is 0 Å². The molecule has 2 aromatic rings. The summed E-state index contributed by atoms with van der Waals surface area (Å²) in [5.74, 6) is 0.959. The molecule has 0 spiro atoms. The number of aryl methyl sites for hydroxylation is 2. The molecule has 0 aliphatic rings. The summed E-state index contributed by atoms with van der Waals surface area (Å²) >= 11 is 1.74. The Hall–Kier alpha value is -1.13. The largest absolute Gasteiger partial charge is 0.334 e. The molecule has 0 saturated heterocycles. The van der Waals surface area contributed by atoms with Crippen LogP contribution in [0.25, 0.3) is 0 Å². The molecule has 0 aromatic carbocycles. The van der Waals surface area contributed by atoms with E-state index in [1.165, 1.54) is 5.56 Å². The van der Waals surface area contributed by atoms with E-state index in [9.17, 15) is 0 Å². The maximum atomic E-state index is 5.56. The Labute approximate surface area is 87.2 Å². The average Bonchev–Trinajstić information content (AvgIpc) is 2.85. The topological polar surface area (TPSA) is 43.8 Å². The van der Waals surface area contributed by atoms with Crippen molar-refractivity contribution in [3.8, 4) is 0 Å². The molecule has 4 heteroatoms. The van der Waals surface area contributed by atoms with E-state index in [1.54, 1.807) is 17.5 Å². The Morgan fingerprint density at radius 1 is 1.50 bits per heavy atom. The van der Waals surface area contributed by atoms with Gasteiger partial charge in [-0.05, 0) is 28.8 Å². The molecule has 74 valence electrons. The Morgan fingerprint density at radius 3 is 3.14 bits per heavy atom. The van der Waals surface area contributed by atoms with Gasteiger partial charge < -0.3 is 10.3 Å². The van der Waals surface area contributed by atoms with E-state index in [0.717, 1.165) is 18.8 Å². The van der Waals surface area contributed by atoms with Gasteiger partial charge in [-0.25, -0.2) is 4.98 Å². The first-order valence-corrected chi connectivity index (χ1v) is 5.55. The van der Waals surface area contributed by atoms with Gasteiger partial charge in [0.25, 0.3) is 0 Å². The van der Waals surface area contributed by atoms with Crippen molar-refractivity contribution in [3.05, 3.63) is 40.6 Å². The van der Waals surface area contributed by atoms with Crippen LogP contribution in [0.4, 0.5) is 0 Å². The summed E-state index contributed by atoms with van der Waals surface area (Å²) in [6.45, 7) is 1.47. The van der Waals surface area contributed by atoms with Crippen molar-refractivity contribution in [1.29, 1.82) is 0 Å². The molecule has 2 N–H and O–H groups in total. The van der Waals surface area contributed by atoms with Gasteiger partial charge in [-0.1, -0.05) is 0 Å². The highest BCUT2D eigenvalue weighted by Gasteiger charge is 2.00. The van der Waals surface area contributed by atoms with Crippen LogP contribution in [0.5, 0.6) is 0 Å². The Morgan fingerprint density at radius 2 is 2.43 bits per heavy atom. The molecule has 0 fully saturated rings. The van der Waals surface area contributed by atoms with E-state index in [4.69, 9.17) is 5.73 Å². The van der Waals surface area contributed by atoms with Crippen molar-refractivity contribution in [3.63, 3.8) is 0 Å². The summed E-state index contributed by atoms with van der Waals surface area (Å²) in [6, 6.07) is 2.16. The lowest BCUT2D eigenvalue weighted by molar-refractivity contribution is 0.652. The van der Waals surface area contributed by atoms with Crippen LogP contribution in [-0.4, -0.2) is 9.55 Å². The van der Waals surface area contributed by atoms with Gasteiger partial charge in [-0.2, -0.15) is 11.3 Å². The lowest BCUT2D eigenvalue weighted by Gasteiger charge is -2.04. The maximum absolute atomic E-state index is 5.56. The summed E-state index contributed by atoms with van der Waals surface area (Å²) < 4.78 is 2.11. The van der Waals surface area contributed by atoms with Crippen LogP contribution in [0.1, 0.15) is 11.4 Å². The van der Waals surface area contributed by atoms with E-state index in [0.29, 0.717) is 6.54 Å². The zero-order valence-electron chi connectivity index (χ0n) is 7.89. The number of hydrogen-bond donors (Lipinski definition) is 1. The third-order valence-corrected chi connectivity index (χ3v) is 2.94. The van der Waals surface area contributed by atoms with Crippen LogP contribution in [0.15, 0.2) is 29.2 Å². The third-order valence-electron chi connectivity index (χ3n) is 2.21. The molecule has 2 rings (SSSR count). The second-order valence-electron chi connectivity index (χ2n) is 3.12. The standard InChI is InChI=1S/C10H13N3S/c11-7-10-12-3-5-13(10)4-1-9-2-6-14-8-9/h2-3,5-6,8H,1,4,7,11H2. The molecule has 0 bridgehead atoms. The summed E-state index contributed by atoms with van der Waals surface area (Å²) in [5, 5.41) is 4.28. The molecule has 0 aliphatic heterocycles. The molecule has 0 radical (unpaired) electrons. The van der Waals surface area contributed by atoms with E-state index in [1.807, 2.05) is 6.20 Å². The molecule has 14 heavy (non-hydrogen) atoms. The molecule has 0 unspecified atom stereocenters. The van der Waals surface area contributed by atoms with Crippen molar-refractivity contribution in [1.82, 2.24) is 9.55 Å². The smallest absolute Gasteiger partial charge is 0.122 e. The lowest BCUT2D eigenvalue weighted by Crippen LogP contribution is -2.09. The molecule has 0 atom stereocenters. The number of nitrogens with two attached hydrogens (primary N) is 1. The maximum Gasteiger partial charge on any atom is 0.122 e. The van der Waals surface area contributed by atoms with E-state index < -0.39 is 0 Å². The number of hydrogen-bond acceptors (Lipinski definition) is 3. The van der Waals surface area contributed by atoms with Gasteiger partial charge in [0.05, 0.1) is 6.54 Å². The van der Waals surface area contributed by atoms with Crippen LogP contribution < -0.4 is 5.73 Å². The number of thiophene rings is 1.